The highest BCUT2D eigenvalue weighted by atomic mass is 32.2. The van der Waals surface area contributed by atoms with Gasteiger partial charge < -0.3 is 9.84 Å². The number of rotatable bonds is 6. The molecule has 0 saturated heterocycles. The minimum Gasteiger partial charge on any atom is -0.465 e. The second kappa shape index (κ2) is 6.83. The first-order valence-electron chi connectivity index (χ1n) is 6.05. The Morgan fingerprint density at radius 1 is 1.35 bits per heavy atom. The van der Waals surface area contributed by atoms with Gasteiger partial charge in [0.1, 0.15) is 0 Å². The lowest BCUT2D eigenvalue weighted by atomic mass is 10.1. The molecule has 0 aliphatic carbocycles. The zero-order chi connectivity index (χ0) is 15.3. The van der Waals surface area contributed by atoms with Crippen LogP contribution in [0.2, 0.25) is 0 Å². The number of esters is 1. The summed E-state index contributed by atoms with van der Waals surface area (Å²) < 4.78 is 29.9. The Balaban J connectivity index is 2.85. The molecule has 20 heavy (non-hydrogen) atoms. The van der Waals surface area contributed by atoms with E-state index >= 15 is 0 Å². The summed E-state index contributed by atoms with van der Waals surface area (Å²) in [4.78, 5) is 11.3. The second-order valence-electron chi connectivity index (χ2n) is 4.49. The highest BCUT2D eigenvalue weighted by molar-refractivity contribution is 7.88. The average molecular weight is 301 g/mol. The van der Waals surface area contributed by atoms with Crippen molar-refractivity contribution < 1.29 is 23.1 Å². The van der Waals surface area contributed by atoms with Crippen LogP contribution in [0.25, 0.3) is 0 Å². The molecule has 0 saturated carbocycles. The quantitative estimate of drug-likeness (QED) is 0.779. The molecule has 0 heterocycles. The van der Waals surface area contributed by atoms with Gasteiger partial charge in [-0.15, -0.1) is 0 Å². The molecular formula is C13H19NO5S. The van der Waals surface area contributed by atoms with Crippen LogP contribution < -0.4 is 0 Å². The second-order valence-corrected chi connectivity index (χ2v) is 6.52. The molecule has 0 spiro atoms. The van der Waals surface area contributed by atoms with Crippen molar-refractivity contribution in [1.29, 1.82) is 0 Å². The van der Waals surface area contributed by atoms with Crippen LogP contribution in [-0.2, 0) is 20.5 Å². The standard InChI is InChI=1S/C13H19NO5S/c1-10(8-15)14(2)20(17,18)9-11-4-6-12(7-5-11)13(16)19-3/h4-7,10,15H,8-9H2,1-3H3. The van der Waals surface area contributed by atoms with Crippen LogP contribution in [0, 0.1) is 0 Å². The number of methoxy groups -OCH3 is 1. The summed E-state index contributed by atoms with van der Waals surface area (Å²) in [7, 11) is -0.793. The van der Waals surface area contributed by atoms with Gasteiger partial charge in [0.05, 0.1) is 25.0 Å². The van der Waals surface area contributed by atoms with Crippen LogP contribution in [0.15, 0.2) is 24.3 Å². The number of likely N-dealkylation sites (N-methyl/N-ethyl adjacent to an activating group) is 1. The van der Waals surface area contributed by atoms with Crippen molar-refractivity contribution in [2.45, 2.75) is 18.7 Å². The molecule has 0 aliphatic heterocycles. The largest absolute Gasteiger partial charge is 0.465 e. The molecule has 0 bridgehead atoms. The van der Waals surface area contributed by atoms with E-state index in [2.05, 4.69) is 4.74 Å². The molecule has 6 nitrogen and oxygen atoms in total. The fraction of sp³-hybridized carbons (Fsp3) is 0.462. The van der Waals surface area contributed by atoms with Crippen LogP contribution in [0.4, 0.5) is 0 Å². The summed E-state index contributed by atoms with van der Waals surface area (Å²) in [6, 6.07) is 5.70. The van der Waals surface area contributed by atoms with Gasteiger partial charge in [-0.2, -0.15) is 4.31 Å². The lowest BCUT2D eigenvalue weighted by molar-refractivity contribution is 0.0600. The van der Waals surface area contributed by atoms with Gasteiger partial charge in [-0.05, 0) is 24.6 Å². The number of ether oxygens (including phenoxy) is 1. The number of benzene rings is 1. The van der Waals surface area contributed by atoms with Gasteiger partial charge in [-0.1, -0.05) is 12.1 Å². The van der Waals surface area contributed by atoms with Crippen molar-refractivity contribution in [3.8, 4) is 0 Å². The fourth-order valence-electron chi connectivity index (χ4n) is 1.56. The average Bonchev–Trinajstić information content (AvgIpc) is 2.45. The van der Waals surface area contributed by atoms with Gasteiger partial charge in [0.25, 0.3) is 0 Å². The first kappa shape index (κ1) is 16.6. The summed E-state index contributed by atoms with van der Waals surface area (Å²) in [5.74, 6) is -0.652. The lowest BCUT2D eigenvalue weighted by Gasteiger charge is -2.22. The Kier molecular flexibility index (Phi) is 5.67. The summed E-state index contributed by atoms with van der Waals surface area (Å²) in [5, 5.41) is 9.00. The highest BCUT2D eigenvalue weighted by Crippen LogP contribution is 2.13. The number of hydrogen-bond acceptors (Lipinski definition) is 5. The third-order valence-corrected chi connectivity index (χ3v) is 4.98. The maximum absolute atomic E-state index is 12.1. The van der Waals surface area contributed by atoms with Crippen molar-refractivity contribution in [3.05, 3.63) is 35.4 Å². The van der Waals surface area contributed by atoms with Gasteiger partial charge in [-0.3, -0.25) is 0 Å². The third-order valence-electron chi connectivity index (χ3n) is 3.05. The Hall–Kier alpha value is -1.44. The van der Waals surface area contributed by atoms with Crippen LogP contribution in [0.1, 0.15) is 22.8 Å². The lowest BCUT2D eigenvalue weighted by Crippen LogP contribution is -2.38. The summed E-state index contributed by atoms with van der Waals surface area (Å²) in [6.07, 6.45) is 0. The predicted molar refractivity (Wildman–Crippen MR) is 74.7 cm³/mol. The molecule has 1 N–H and O–H groups in total. The smallest absolute Gasteiger partial charge is 0.337 e. The zero-order valence-corrected chi connectivity index (χ0v) is 12.6. The first-order valence-corrected chi connectivity index (χ1v) is 7.66. The van der Waals surface area contributed by atoms with E-state index in [9.17, 15) is 13.2 Å². The number of sulfonamides is 1. The van der Waals surface area contributed by atoms with Crippen LogP contribution >= 0.6 is 0 Å². The molecule has 112 valence electrons. The van der Waals surface area contributed by atoms with E-state index in [0.717, 1.165) is 4.31 Å². The first-order chi connectivity index (χ1) is 9.31. The summed E-state index contributed by atoms with van der Waals surface area (Å²) in [6.45, 7) is 1.38. The summed E-state index contributed by atoms with van der Waals surface area (Å²) >= 11 is 0. The molecule has 0 aromatic heterocycles. The number of carbonyl (C=O) groups is 1. The number of hydrogen-bond donors (Lipinski definition) is 1. The van der Waals surface area contributed by atoms with Gasteiger partial charge in [-0.25, -0.2) is 13.2 Å². The van der Waals surface area contributed by atoms with Crippen molar-refractivity contribution in [2.24, 2.45) is 0 Å². The van der Waals surface area contributed by atoms with Crippen molar-refractivity contribution in [2.75, 3.05) is 20.8 Å². The zero-order valence-electron chi connectivity index (χ0n) is 11.7. The molecular weight excluding hydrogens is 282 g/mol. The number of aliphatic hydroxyl groups excluding tert-OH is 1. The van der Waals surface area contributed by atoms with E-state index in [1.54, 1.807) is 19.1 Å². The normalized spacial score (nSPS) is 13.2. The maximum atomic E-state index is 12.1. The van der Waals surface area contributed by atoms with E-state index in [4.69, 9.17) is 5.11 Å². The van der Waals surface area contributed by atoms with Crippen molar-refractivity contribution >= 4 is 16.0 Å². The minimum atomic E-state index is -3.51. The molecule has 1 aromatic carbocycles. The van der Waals surface area contributed by atoms with Gasteiger partial charge in [0.15, 0.2) is 0 Å². The van der Waals surface area contributed by atoms with Crippen LogP contribution in [0.3, 0.4) is 0 Å². The number of aliphatic hydroxyl groups is 1. The maximum Gasteiger partial charge on any atom is 0.337 e. The topological polar surface area (TPSA) is 83.9 Å². The summed E-state index contributed by atoms with van der Waals surface area (Å²) in [5.41, 5.74) is 0.931. The molecule has 0 amide bonds. The van der Waals surface area contributed by atoms with E-state index in [0.29, 0.717) is 11.1 Å². The predicted octanol–water partition coefficient (Wildman–Crippen LogP) is 0.616. The molecule has 1 atom stereocenters. The van der Waals surface area contributed by atoms with Gasteiger partial charge >= 0.3 is 5.97 Å². The monoisotopic (exact) mass is 301 g/mol. The molecule has 1 rings (SSSR count). The Bertz CT molecular complexity index is 553. The molecule has 1 aromatic rings. The van der Waals surface area contributed by atoms with Crippen molar-refractivity contribution in [1.82, 2.24) is 4.31 Å². The molecule has 1 unspecified atom stereocenters. The molecule has 0 fully saturated rings. The van der Waals surface area contributed by atoms with Crippen LogP contribution in [-0.4, -0.2) is 50.6 Å². The molecule has 0 aliphatic rings. The molecule has 7 heteroatoms. The Morgan fingerprint density at radius 3 is 2.35 bits per heavy atom. The fourth-order valence-corrected chi connectivity index (χ4v) is 2.99. The molecule has 0 radical (unpaired) electrons. The minimum absolute atomic E-state index is 0.185. The van der Waals surface area contributed by atoms with Gasteiger partial charge in [0.2, 0.25) is 10.0 Å². The number of nitrogens with zero attached hydrogens (tertiary/aromatic N) is 1. The van der Waals surface area contributed by atoms with E-state index < -0.39 is 22.0 Å². The third kappa shape index (κ3) is 4.03. The Labute approximate surface area is 119 Å². The van der Waals surface area contributed by atoms with Crippen molar-refractivity contribution in [3.63, 3.8) is 0 Å². The van der Waals surface area contributed by atoms with Gasteiger partial charge in [0, 0.05) is 13.1 Å². The Morgan fingerprint density at radius 2 is 1.90 bits per heavy atom. The highest BCUT2D eigenvalue weighted by Gasteiger charge is 2.23. The van der Waals surface area contributed by atoms with Crippen LogP contribution in [0.5, 0.6) is 0 Å². The van der Waals surface area contributed by atoms with E-state index in [1.165, 1.54) is 26.3 Å². The number of carbonyl (C=O) groups excluding carboxylic acids is 1. The SMILES string of the molecule is COC(=O)c1ccc(CS(=O)(=O)N(C)C(C)CO)cc1. The van der Waals surface area contributed by atoms with E-state index in [1.807, 2.05) is 0 Å². The van der Waals surface area contributed by atoms with E-state index in [-0.39, 0.29) is 12.4 Å².